The van der Waals surface area contributed by atoms with Crippen LogP contribution in [-0.4, -0.2) is 18.5 Å². The maximum atomic E-state index is 11.2. The highest BCUT2D eigenvalue weighted by molar-refractivity contribution is 5.82. The molecule has 0 saturated carbocycles. The second-order valence-electron chi connectivity index (χ2n) is 3.74. The first-order valence-corrected chi connectivity index (χ1v) is 3.93. The Kier molecular flexibility index (Phi) is 3.52. The lowest BCUT2D eigenvalue weighted by Crippen LogP contribution is -2.48. The Labute approximate surface area is 68.3 Å². The Morgan fingerprint density at radius 3 is 2.27 bits per heavy atom. The molecular formula is C8H18N2O. The van der Waals surface area contributed by atoms with E-state index in [4.69, 9.17) is 5.73 Å². The van der Waals surface area contributed by atoms with Gasteiger partial charge in [-0.3, -0.25) is 4.79 Å². The maximum absolute atomic E-state index is 11.2. The lowest BCUT2D eigenvalue weighted by atomic mass is 9.87. The number of rotatable bonds is 2. The summed E-state index contributed by atoms with van der Waals surface area (Å²) in [5.74, 6) is -0.0694. The van der Waals surface area contributed by atoms with Crippen molar-refractivity contribution in [2.24, 2.45) is 11.1 Å². The number of likely N-dealkylation sites (N-methyl/N-ethyl adjacent to an activating group) is 1. The Hall–Kier alpha value is -0.570. The van der Waals surface area contributed by atoms with Gasteiger partial charge in [0.15, 0.2) is 0 Å². The van der Waals surface area contributed by atoms with E-state index in [1.54, 1.807) is 0 Å². The minimum absolute atomic E-state index is 0.0694. The molecule has 0 aliphatic rings. The molecule has 0 aromatic carbocycles. The molecule has 0 rings (SSSR count). The largest absolute Gasteiger partial charge is 0.355 e. The standard InChI is InChI=1S/C8H18N2O/c1-5-10-7(11)6(9)8(2,3)4/h6H,5,9H2,1-4H3,(H,10,11). The molecule has 66 valence electrons. The molecule has 3 heteroatoms. The molecule has 0 saturated heterocycles. The molecular weight excluding hydrogens is 140 g/mol. The molecule has 0 aliphatic carbocycles. The van der Waals surface area contributed by atoms with Gasteiger partial charge in [0.2, 0.25) is 5.91 Å². The minimum atomic E-state index is -0.414. The number of hydrogen-bond donors (Lipinski definition) is 2. The summed E-state index contributed by atoms with van der Waals surface area (Å²) in [6.45, 7) is 8.38. The average Bonchev–Trinajstić information content (AvgIpc) is 1.85. The summed E-state index contributed by atoms with van der Waals surface area (Å²) in [4.78, 5) is 11.2. The first-order valence-electron chi connectivity index (χ1n) is 3.93. The van der Waals surface area contributed by atoms with Crippen molar-refractivity contribution in [3.05, 3.63) is 0 Å². The summed E-state index contributed by atoms with van der Waals surface area (Å²) in [5, 5.41) is 2.69. The topological polar surface area (TPSA) is 55.1 Å². The van der Waals surface area contributed by atoms with Crippen LogP contribution in [0.25, 0.3) is 0 Å². The van der Waals surface area contributed by atoms with Crippen molar-refractivity contribution in [2.75, 3.05) is 6.54 Å². The fourth-order valence-corrected chi connectivity index (χ4v) is 0.677. The second kappa shape index (κ2) is 3.72. The zero-order valence-corrected chi connectivity index (χ0v) is 7.77. The van der Waals surface area contributed by atoms with E-state index in [1.807, 2.05) is 27.7 Å². The monoisotopic (exact) mass is 158 g/mol. The normalized spacial score (nSPS) is 14.3. The van der Waals surface area contributed by atoms with E-state index in [0.717, 1.165) is 0 Å². The van der Waals surface area contributed by atoms with Crippen molar-refractivity contribution >= 4 is 5.91 Å². The Morgan fingerprint density at radius 2 is 2.00 bits per heavy atom. The molecule has 0 aromatic heterocycles. The van der Waals surface area contributed by atoms with Gasteiger partial charge in [-0.05, 0) is 12.3 Å². The molecule has 0 aliphatic heterocycles. The molecule has 1 unspecified atom stereocenters. The molecule has 0 radical (unpaired) electrons. The lowest BCUT2D eigenvalue weighted by molar-refractivity contribution is -0.124. The number of carbonyl (C=O) groups is 1. The number of nitrogens with one attached hydrogen (secondary N) is 1. The number of hydrogen-bond acceptors (Lipinski definition) is 2. The van der Waals surface area contributed by atoms with Gasteiger partial charge in [-0.2, -0.15) is 0 Å². The SMILES string of the molecule is CCNC(=O)C(N)C(C)(C)C. The summed E-state index contributed by atoms with van der Waals surface area (Å²) < 4.78 is 0. The van der Waals surface area contributed by atoms with E-state index in [-0.39, 0.29) is 11.3 Å². The predicted octanol–water partition coefficient (Wildman–Crippen LogP) is 0.496. The van der Waals surface area contributed by atoms with Gasteiger partial charge >= 0.3 is 0 Å². The summed E-state index contributed by atoms with van der Waals surface area (Å²) in [7, 11) is 0. The van der Waals surface area contributed by atoms with Crippen molar-refractivity contribution in [1.29, 1.82) is 0 Å². The van der Waals surface area contributed by atoms with Crippen LogP contribution in [0.15, 0.2) is 0 Å². The molecule has 3 N–H and O–H groups in total. The highest BCUT2D eigenvalue weighted by Crippen LogP contribution is 2.16. The average molecular weight is 158 g/mol. The number of nitrogens with two attached hydrogens (primary N) is 1. The zero-order valence-electron chi connectivity index (χ0n) is 7.77. The molecule has 11 heavy (non-hydrogen) atoms. The van der Waals surface area contributed by atoms with Crippen LogP contribution in [0.3, 0.4) is 0 Å². The van der Waals surface area contributed by atoms with Gasteiger partial charge in [0.25, 0.3) is 0 Å². The summed E-state index contributed by atoms with van der Waals surface area (Å²) in [6.07, 6.45) is 0. The maximum Gasteiger partial charge on any atom is 0.237 e. The molecule has 1 atom stereocenters. The van der Waals surface area contributed by atoms with Crippen LogP contribution in [0.4, 0.5) is 0 Å². The van der Waals surface area contributed by atoms with Crippen LogP contribution in [0.5, 0.6) is 0 Å². The van der Waals surface area contributed by atoms with Crippen molar-refractivity contribution < 1.29 is 4.79 Å². The zero-order chi connectivity index (χ0) is 9.07. The molecule has 0 spiro atoms. The molecule has 0 aromatic rings. The van der Waals surface area contributed by atoms with Crippen molar-refractivity contribution in [1.82, 2.24) is 5.32 Å². The number of amides is 1. The van der Waals surface area contributed by atoms with Gasteiger partial charge in [0.1, 0.15) is 0 Å². The highest BCUT2D eigenvalue weighted by atomic mass is 16.2. The van der Waals surface area contributed by atoms with Gasteiger partial charge < -0.3 is 11.1 Å². The third kappa shape index (κ3) is 3.37. The van der Waals surface area contributed by atoms with E-state index in [0.29, 0.717) is 6.54 Å². The van der Waals surface area contributed by atoms with Gasteiger partial charge in [0, 0.05) is 6.54 Å². The van der Waals surface area contributed by atoms with Crippen molar-refractivity contribution in [3.63, 3.8) is 0 Å². The minimum Gasteiger partial charge on any atom is -0.355 e. The number of carbonyl (C=O) groups excluding carboxylic acids is 1. The predicted molar refractivity (Wildman–Crippen MR) is 46.1 cm³/mol. The van der Waals surface area contributed by atoms with E-state index in [2.05, 4.69) is 5.32 Å². The third-order valence-electron chi connectivity index (χ3n) is 1.57. The van der Waals surface area contributed by atoms with E-state index >= 15 is 0 Å². The summed E-state index contributed by atoms with van der Waals surface area (Å²) >= 11 is 0. The quantitative estimate of drug-likeness (QED) is 0.614. The van der Waals surface area contributed by atoms with Crippen LogP contribution in [0.2, 0.25) is 0 Å². The third-order valence-corrected chi connectivity index (χ3v) is 1.57. The molecule has 3 nitrogen and oxygen atoms in total. The van der Waals surface area contributed by atoms with Crippen LogP contribution in [0, 0.1) is 5.41 Å². The van der Waals surface area contributed by atoms with Crippen molar-refractivity contribution in [3.8, 4) is 0 Å². The lowest BCUT2D eigenvalue weighted by Gasteiger charge is -2.25. The fraction of sp³-hybridized carbons (Fsp3) is 0.875. The smallest absolute Gasteiger partial charge is 0.237 e. The highest BCUT2D eigenvalue weighted by Gasteiger charge is 2.26. The van der Waals surface area contributed by atoms with Gasteiger partial charge in [-0.25, -0.2) is 0 Å². The van der Waals surface area contributed by atoms with E-state index < -0.39 is 6.04 Å². The molecule has 1 amide bonds. The van der Waals surface area contributed by atoms with Crippen LogP contribution in [-0.2, 0) is 4.79 Å². The molecule has 0 fully saturated rings. The first kappa shape index (κ1) is 10.4. The summed E-state index contributed by atoms with van der Waals surface area (Å²) in [6, 6.07) is -0.414. The Bertz CT molecular complexity index is 138. The van der Waals surface area contributed by atoms with Crippen LogP contribution in [0.1, 0.15) is 27.7 Å². The molecule has 0 bridgehead atoms. The summed E-state index contributed by atoms with van der Waals surface area (Å²) in [5.41, 5.74) is 5.51. The second-order valence-corrected chi connectivity index (χ2v) is 3.74. The van der Waals surface area contributed by atoms with Crippen molar-refractivity contribution in [2.45, 2.75) is 33.7 Å². The Balaban J connectivity index is 4.03. The van der Waals surface area contributed by atoms with Gasteiger partial charge in [0.05, 0.1) is 6.04 Å². The molecule has 0 heterocycles. The first-order chi connectivity index (χ1) is 4.89. The fourth-order valence-electron chi connectivity index (χ4n) is 0.677. The van der Waals surface area contributed by atoms with E-state index in [9.17, 15) is 4.79 Å². The van der Waals surface area contributed by atoms with E-state index in [1.165, 1.54) is 0 Å². The Morgan fingerprint density at radius 1 is 1.55 bits per heavy atom. The van der Waals surface area contributed by atoms with Crippen LogP contribution >= 0.6 is 0 Å². The van der Waals surface area contributed by atoms with Gasteiger partial charge in [-0.1, -0.05) is 20.8 Å². The van der Waals surface area contributed by atoms with Crippen LogP contribution < -0.4 is 11.1 Å². The van der Waals surface area contributed by atoms with Gasteiger partial charge in [-0.15, -0.1) is 0 Å².